The van der Waals surface area contributed by atoms with E-state index in [1.807, 2.05) is 11.0 Å². The van der Waals surface area contributed by atoms with Crippen LogP contribution in [0.4, 0.5) is 0 Å². The molecule has 7 nitrogen and oxygen atoms in total. The van der Waals surface area contributed by atoms with Crippen LogP contribution in [0.25, 0.3) is 0 Å². The molecule has 9 heteroatoms. The maximum atomic E-state index is 12.9. The molecule has 2 aromatic rings. The van der Waals surface area contributed by atoms with Crippen LogP contribution in [0.1, 0.15) is 36.0 Å². The molecule has 2 aromatic carbocycles. The maximum absolute atomic E-state index is 12.9. The van der Waals surface area contributed by atoms with Crippen molar-refractivity contribution in [3.8, 4) is 17.2 Å². The van der Waals surface area contributed by atoms with Crippen molar-refractivity contribution in [1.82, 2.24) is 10.2 Å². The molecule has 2 amide bonds. The molecule has 0 unspecified atom stereocenters. The number of likely N-dealkylation sites (tertiary alicyclic amines) is 1. The number of nitrogens with one attached hydrogen (secondary N) is 1. The summed E-state index contributed by atoms with van der Waals surface area (Å²) in [4.78, 5) is 26.9. The van der Waals surface area contributed by atoms with Gasteiger partial charge in [-0.3, -0.25) is 9.59 Å². The highest BCUT2D eigenvalue weighted by Gasteiger charge is 2.24. The zero-order chi connectivity index (χ0) is 24.5. The van der Waals surface area contributed by atoms with Crippen molar-refractivity contribution < 1.29 is 23.8 Å². The summed E-state index contributed by atoms with van der Waals surface area (Å²) in [5.74, 6) is 2.09. The minimum atomic E-state index is -0.0192. The van der Waals surface area contributed by atoms with E-state index in [0.29, 0.717) is 72.8 Å². The van der Waals surface area contributed by atoms with E-state index in [-0.39, 0.29) is 11.8 Å². The van der Waals surface area contributed by atoms with Crippen LogP contribution in [0, 0.1) is 5.92 Å². The van der Waals surface area contributed by atoms with E-state index in [0.717, 1.165) is 17.3 Å². The fourth-order valence-electron chi connectivity index (χ4n) is 3.85. The number of ether oxygens (including phenoxy) is 3. The monoisotopic (exact) mass is 552 g/mol. The number of rotatable bonds is 10. The number of hydrogen-bond acceptors (Lipinski definition) is 5. The van der Waals surface area contributed by atoms with Crippen LogP contribution in [0.5, 0.6) is 17.2 Å². The largest absolute Gasteiger partial charge is 0.493 e. The van der Waals surface area contributed by atoms with Gasteiger partial charge in [-0.05, 0) is 61.6 Å². The summed E-state index contributed by atoms with van der Waals surface area (Å²) in [5, 5.41) is 3.55. The lowest BCUT2D eigenvalue weighted by molar-refractivity contribution is -0.121. The van der Waals surface area contributed by atoms with Gasteiger partial charge in [-0.15, -0.1) is 0 Å². The third kappa shape index (κ3) is 7.27. The Hall–Kier alpha value is -2.45. The summed E-state index contributed by atoms with van der Waals surface area (Å²) in [6.07, 6.45) is 2.70. The van der Waals surface area contributed by atoms with Crippen molar-refractivity contribution >= 4 is 39.3 Å². The van der Waals surface area contributed by atoms with Crippen LogP contribution < -0.4 is 19.5 Å². The average molecular weight is 554 g/mol. The number of benzene rings is 2. The van der Waals surface area contributed by atoms with E-state index < -0.39 is 0 Å². The molecule has 1 aliphatic rings. The van der Waals surface area contributed by atoms with Gasteiger partial charge in [0, 0.05) is 36.1 Å². The average Bonchev–Trinajstić information content (AvgIpc) is 2.85. The molecule has 1 aliphatic heterocycles. The van der Waals surface area contributed by atoms with Crippen molar-refractivity contribution in [3.05, 3.63) is 51.5 Å². The highest BCUT2D eigenvalue weighted by molar-refractivity contribution is 9.10. The Balaban J connectivity index is 1.35. The minimum absolute atomic E-state index is 0.00865. The molecule has 184 valence electrons. The fraction of sp³-hybridized carbons (Fsp3) is 0.440. The quantitative estimate of drug-likeness (QED) is 0.422. The van der Waals surface area contributed by atoms with Crippen LogP contribution in [0.15, 0.2) is 40.9 Å². The molecular weight excluding hydrogens is 524 g/mol. The van der Waals surface area contributed by atoms with Crippen molar-refractivity contribution in [1.29, 1.82) is 0 Å². The molecule has 0 atom stereocenters. The van der Waals surface area contributed by atoms with Gasteiger partial charge in [0.2, 0.25) is 5.91 Å². The molecule has 1 N–H and O–H groups in total. The number of carbonyl (C=O) groups excluding carboxylic acids is 2. The van der Waals surface area contributed by atoms with Crippen molar-refractivity contribution in [3.63, 3.8) is 0 Å². The second kappa shape index (κ2) is 12.9. The number of nitrogens with zero attached hydrogens (tertiary/aromatic N) is 1. The molecule has 0 saturated carbocycles. The first kappa shape index (κ1) is 26.2. The van der Waals surface area contributed by atoms with Gasteiger partial charge in [0.05, 0.1) is 25.8 Å². The summed E-state index contributed by atoms with van der Waals surface area (Å²) in [6.45, 7) is 2.37. The molecule has 0 aliphatic carbocycles. The zero-order valence-electron chi connectivity index (χ0n) is 19.4. The first-order valence-electron chi connectivity index (χ1n) is 11.3. The highest BCUT2D eigenvalue weighted by atomic mass is 79.9. The third-order valence-electron chi connectivity index (χ3n) is 5.82. The summed E-state index contributed by atoms with van der Waals surface area (Å²) >= 11 is 9.48. The second-order valence-corrected chi connectivity index (χ2v) is 9.46. The van der Waals surface area contributed by atoms with E-state index in [4.69, 9.17) is 25.8 Å². The molecule has 34 heavy (non-hydrogen) atoms. The fourth-order valence-corrected chi connectivity index (χ4v) is 4.57. The highest BCUT2D eigenvalue weighted by Crippen LogP contribution is 2.29. The Morgan fingerprint density at radius 2 is 1.76 bits per heavy atom. The number of hydrogen-bond donors (Lipinski definition) is 1. The molecule has 1 fully saturated rings. The van der Waals surface area contributed by atoms with Gasteiger partial charge in [-0.2, -0.15) is 0 Å². The van der Waals surface area contributed by atoms with E-state index in [1.54, 1.807) is 44.6 Å². The number of piperidine rings is 1. The van der Waals surface area contributed by atoms with Gasteiger partial charge < -0.3 is 24.4 Å². The summed E-state index contributed by atoms with van der Waals surface area (Å²) in [6, 6.07) is 10.6. The van der Waals surface area contributed by atoms with Crippen LogP contribution in [-0.2, 0) is 4.79 Å². The topological polar surface area (TPSA) is 77.1 Å². The van der Waals surface area contributed by atoms with Gasteiger partial charge in [0.1, 0.15) is 5.75 Å². The maximum Gasteiger partial charge on any atom is 0.253 e. The Bertz CT molecular complexity index is 995. The van der Waals surface area contributed by atoms with Crippen LogP contribution >= 0.6 is 27.5 Å². The second-order valence-electron chi connectivity index (χ2n) is 8.14. The Morgan fingerprint density at radius 1 is 1.06 bits per heavy atom. The van der Waals surface area contributed by atoms with Crippen LogP contribution in [0.3, 0.4) is 0 Å². The van der Waals surface area contributed by atoms with E-state index in [9.17, 15) is 9.59 Å². The zero-order valence-corrected chi connectivity index (χ0v) is 21.8. The van der Waals surface area contributed by atoms with Crippen molar-refractivity contribution in [2.45, 2.75) is 25.7 Å². The van der Waals surface area contributed by atoms with Crippen LogP contribution in [0.2, 0.25) is 5.02 Å². The molecule has 0 aromatic heterocycles. The molecule has 0 radical (unpaired) electrons. The van der Waals surface area contributed by atoms with Gasteiger partial charge in [0.25, 0.3) is 5.91 Å². The predicted octanol–water partition coefficient (Wildman–Crippen LogP) is 4.95. The Labute approximate surface area is 213 Å². The minimum Gasteiger partial charge on any atom is -0.493 e. The molecule has 0 spiro atoms. The SMILES string of the molecule is COc1ccc(C(=O)N2CCC(CNC(=O)CCCOc3ccc(Br)cc3Cl)CC2)cc1OC. The lowest BCUT2D eigenvalue weighted by Gasteiger charge is -2.32. The summed E-state index contributed by atoms with van der Waals surface area (Å²) < 4.78 is 17.1. The lowest BCUT2D eigenvalue weighted by atomic mass is 9.96. The summed E-state index contributed by atoms with van der Waals surface area (Å²) in [5.41, 5.74) is 0.580. The van der Waals surface area contributed by atoms with Crippen molar-refractivity contribution in [2.75, 3.05) is 40.5 Å². The Kier molecular flexibility index (Phi) is 9.89. The standard InChI is InChI=1S/C25H30BrClN2O5/c1-32-22-7-5-18(14-23(22)33-2)25(31)29-11-9-17(10-12-29)16-28-24(30)4-3-13-34-21-8-6-19(26)15-20(21)27/h5-8,14-15,17H,3-4,9-13,16H2,1-2H3,(H,28,30). The third-order valence-corrected chi connectivity index (χ3v) is 6.61. The number of halogens is 2. The van der Waals surface area contributed by atoms with Gasteiger partial charge in [-0.1, -0.05) is 27.5 Å². The lowest BCUT2D eigenvalue weighted by Crippen LogP contribution is -2.41. The molecule has 3 rings (SSSR count). The Morgan fingerprint density at radius 3 is 2.44 bits per heavy atom. The normalized spacial score (nSPS) is 13.9. The van der Waals surface area contributed by atoms with Crippen molar-refractivity contribution in [2.24, 2.45) is 5.92 Å². The predicted molar refractivity (Wildman–Crippen MR) is 135 cm³/mol. The number of amides is 2. The van der Waals surface area contributed by atoms with E-state index in [1.165, 1.54) is 0 Å². The molecule has 1 saturated heterocycles. The van der Waals surface area contributed by atoms with Gasteiger partial charge in [-0.25, -0.2) is 0 Å². The van der Waals surface area contributed by atoms with Crippen LogP contribution in [-0.4, -0.2) is 57.2 Å². The van der Waals surface area contributed by atoms with E-state index >= 15 is 0 Å². The molecular formula is C25H30BrClN2O5. The van der Waals surface area contributed by atoms with Gasteiger partial charge in [0.15, 0.2) is 11.5 Å². The van der Waals surface area contributed by atoms with E-state index in [2.05, 4.69) is 21.2 Å². The molecule has 1 heterocycles. The number of carbonyl (C=O) groups is 2. The first-order chi connectivity index (χ1) is 16.4. The number of methoxy groups -OCH3 is 2. The smallest absolute Gasteiger partial charge is 0.253 e. The van der Waals surface area contributed by atoms with Gasteiger partial charge >= 0.3 is 0 Å². The first-order valence-corrected chi connectivity index (χ1v) is 12.4. The molecule has 0 bridgehead atoms. The summed E-state index contributed by atoms with van der Waals surface area (Å²) in [7, 11) is 3.12.